The summed E-state index contributed by atoms with van der Waals surface area (Å²) < 4.78 is 1.47. The predicted molar refractivity (Wildman–Crippen MR) is 128 cm³/mol. The zero-order valence-corrected chi connectivity index (χ0v) is 17.4. The highest BCUT2D eigenvalue weighted by atomic mass is 16.1. The van der Waals surface area contributed by atoms with E-state index in [1.807, 2.05) is 85.8 Å². The highest BCUT2D eigenvalue weighted by Crippen LogP contribution is 2.28. The summed E-state index contributed by atoms with van der Waals surface area (Å²) in [5.74, 6) is -0.191. The molecule has 3 N–H and O–H groups in total. The first-order valence-electron chi connectivity index (χ1n) is 10.1. The van der Waals surface area contributed by atoms with E-state index in [9.17, 15) is 4.79 Å². The average Bonchev–Trinajstić information content (AvgIpc) is 3.07. The van der Waals surface area contributed by atoms with Crippen LogP contribution in [0.2, 0.25) is 0 Å². The van der Waals surface area contributed by atoms with Gasteiger partial charge in [-0.2, -0.15) is 9.78 Å². The Labute approximate surface area is 184 Å². The van der Waals surface area contributed by atoms with E-state index in [0.717, 1.165) is 11.1 Å². The van der Waals surface area contributed by atoms with Gasteiger partial charge in [-0.3, -0.25) is 4.79 Å². The second kappa shape index (κ2) is 7.96. The minimum atomic E-state index is -0.364. The SMILES string of the molecule is Cc1cccc(NC(=O)c2c(N)n(/N=C/c3ccccc3)c3nc4ccccc4nc23)c1. The fraction of sp³-hybridized carbons (Fsp3) is 0.0400. The van der Waals surface area contributed by atoms with Crippen molar-refractivity contribution in [3.8, 4) is 0 Å². The number of benzene rings is 3. The van der Waals surface area contributed by atoms with Gasteiger partial charge in [0.1, 0.15) is 16.9 Å². The standard InChI is InChI=1S/C25H20N6O/c1-16-8-7-11-18(14-16)28-25(32)21-22-24(30-20-13-6-5-12-19(20)29-22)31(23(21)26)27-15-17-9-3-2-4-10-17/h2-15H,26H2,1H3,(H,28,32)/b27-15+. The van der Waals surface area contributed by atoms with E-state index in [0.29, 0.717) is 27.9 Å². The Balaban J connectivity index is 1.67. The number of nitrogens with one attached hydrogen (secondary N) is 1. The van der Waals surface area contributed by atoms with Crippen molar-refractivity contribution in [2.24, 2.45) is 5.10 Å². The van der Waals surface area contributed by atoms with Crippen LogP contribution in [-0.2, 0) is 0 Å². The van der Waals surface area contributed by atoms with Crippen molar-refractivity contribution in [3.05, 3.63) is 95.6 Å². The number of hydrogen-bond acceptors (Lipinski definition) is 5. The first-order chi connectivity index (χ1) is 15.6. The van der Waals surface area contributed by atoms with Crippen molar-refractivity contribution in [1.82, 2.24) is 14.6 Å². The van der Waals surface area contributed by atoms with E-state index in [1.54, 1.807) is 6.21 Å². The summed E-state index contributed by atoms with van der Waals surface area (Å²) >= 11 is 0. The Hall–Kier alpha value is -4.52. The molecule has 3 aromatic carbocycles. The number of nitrogens with two attached hydrogens (primary N) is 1. The van der Waals surface area contributed by atoms with E-state index in [4.69, 9.17) is 15.7 Å². The largest absolute Gasteiger partial charge is 0.383 e. The number of hydrogen-bond donors (Lipinski definition) is 2. The summed E-state index contributed by atoms with van der Waals surface area (Å²) in [5.41, 5.74) is 11.5. The van der Waals surface area contributed by atoms with Gasteiger partial charge in [-0.15, -0.1) is 0 Å². The summed E-state index contributed by atoms with van der Waals surface area (Å²) in [4.78, 5) is 22.7. The van der Waals surface area contributed by atoms with Gasteiger partial charge in [-0.25, -0.2) is 9.97 Å². The quantitative estimate of drug-likeness (QED) is 0.415. The lowest BCUT2D eigenvalue weighted by Gasteiger charge is -2.06. The summed E-state index contributed by atoms with van der Waals surface area (Å²) in [6.45, 7) is 1.96. The number of aromatic nitrogens is 3. The maximum absolute atomic E-state index is 13.3. The molecule has 5 rings (SSSR count). The first kappa shape index (κ1) is 19.4. The molecule has 1 amide bonds. The van der Waals surface area contributed by atoms with Crippen molar-refractivity contribution < 1.29 is 4.79 Å². The molecular weight excluding hydrogens is 400 g/mol. The summed E-state index contributed by atoms with van der Waals surface area (Å²) in [5, 5.41) is 7.43. The molecular formula is C25H20N6O. The minimum Gasteiger partial charge on any atom is -0.383 e. The number of carbonyl (C=O) groups excluding carboxylic acids is 1. The predicted octanol–water partition coefficient (Wildman–Crippen LogP) is 4.61. The monoisotopic (exact) mass is 420 g/mol. The second-order valence-corrected chi connectivity index (χ2v) is 7.44. The van der Waals surface area contributed by atoms with Gasteiger partial charge < -0.3 is 11.1 Å². The third-order valence-electron chi connectivity index (χ3n) is 5.10. The van der Waals surface area contributed by atoms with Crippen molar-refractivity contribution in [3.63, 3.8) is 0 Å². The summed E-state index contributed by atoms with van der Waals surface area (Å²) in [6, 6.07) is 24.7. The third kappa shape index (κ3) is 3.56. The Bertz CT molecular complexity index is 1490. The highest BCUT2D eigenvalue weighted by Gasteiger charge is 2.24. The summed E-state index contributed by atoms with van der Waals surface area (Å²) in [7, 11) is 0. The molecule has 0 spiro atoms. The number of fused-ring (bicyclic) bond motifs is 2. The number of nitrogen functional groups attached to an aromatic ring is 1. The van der Waals surface area contributed by atoms with Gasteiger partial charge in [0.25, 0.3) is 5.91 Å². The van der Waals surface area contributed by atoms with E-state index >= 15 is 0 Å². The van der Waals surface area contributed by atoms with E-state index in [-0.39, 0.29) is 17.3 Å². The van der Waals surface area contributed by atoms with Gasteiger partial charge >= 0.3 is 0 Å². The maximum atomic E-state index is 13.3. The maximum Gasteiger partial charge on any atom is 0.261 e. The van der Waals surface area contributed by atoms with Gasteiger partial charge in [0.2, 0.25) is 0 Å². The van der Waals surface area contributed by atoms with E-state index in [2.05, 4.69) is 10.4 Å². The molecule has 0 bridgehead atoms. The average molecular weight is 420 g/mol. The minimum absolute atomic E-state index is 0.174. The fourth-order valence-corrected chi connectivity index (χ4v) is 3.57. The Morgan fingerprint density at radius 1 is 0.969 bits per heavy atom. The second-order valence-electron chi connectivity index (χ2n) is 7.44. The molecule has 0 fully saturated rings. The fourth-order valence-electron chi connectivity index (χ4n) is 3.57. The molecule has 0 unspecified atom stereocenters. The highest BCUT2D eigenvalue weighted by molar-refractivity contribution is 6.16. The van der Waals surface area contributed by atoms with Gasteiger partial charge in [-0.1, -0.05) is 54.6 Å². The number of para-hydroxylation sites is 2. The number of anilines is 2. The Kier molecular flexibility index (Phi) is 4.84. The van der Waals surface area contributed by atoms with Crippen LogP contribution in [0.4, 0.5) is 11.5 Å². The van der Waals surface area contributed by atoms with Crippen LogP contribution in [0, 0.1) is 6.92 Å². The molecule has 7 nitrogen and oxygen atoms in total. The van der Waals surface area contributed by atoms with Crippen LogP contribution in [0.15, 0.2) is 84.0 Å². The van der Waals surface area contributed by atoms with Crippen LogP contribution >= 0.6 is 0 Å². The third-order valence-corrected chi connectivity index (χ3v) is 5.10. The van der Waals surface area contributed by atoms with Crippen molar-refractivity contribution in [1.29, 1.82) is 0 Å². The van der Waals surface area contributed by atoms with Crippen molar-refractivity contribution in [2.45, 2.75) is 6.92 Å². The number of amides is 1. The van der Waals surface area contributed by atoms with Gasteiger partial charge in [-0.05, 0) is 42.3 Å². The molecule has 7 heteroatoms. The zero-order chi connectivity index (χ0) is 22.1. The van der Waals surface area contributed by atoms with Crippen LogP contribution in [0.25, 0.3) is 22.2 Å². The zero-order valence-electron chi connectivity index (χ0n) is 17.4. The molecule has 5 aromatic rings. The van der Waals surface area contributed by atoms with E-state index < -0.39 is 0 Å². The van der Waals surface area contributed by atoms with E-state index in [1.165, 1.54) is 4.68 Å². The normalized spacial score (nSPS) is 11.4. The van der Waals surface area contributed by atoms with Crippen LogP contribution in [0.1, 0.15) is 21.5 Å². The number of aryl methyl sites for hydroxylation is 1. The molecule has 0 atom stereocenters. The number of nitrogens with zero attached hydrogens (tertiary/aromatic N) is 4. The molecule has 0 saturated heterocycles. The molecule has 0 aliphatic heterocycles. The van der Waals surface area contributed by atoms with Crippen LogP contribution in [0.3, 0.4) is 0 Å². The van der Waals surface area contributed by atoms with Crippen molar-refractivity contribution in [2.75, 3.05) is 11.1 Å². The number of rotatable bonds is 4. The summed E-state index contributed by atoms with van der Waals surface area (Å²) in [6.07, 6.45) is 1.68. The van der Waals surface area contributed by atoms with Gasteiger partial charge in [0, 0.05) is 5.69 Å². The Morgan fingerprint density at radius 2 is 1.69 bits per heavy atom. The molecule has 0 aliphatic carbocycles. The van der Waals surface area contributed by atoms with Crippen LogP contribution in [-0.4, -0.2) is 26.8 Å². The molecule has 32 heavy (non-hydrogen) atoms. The van der Waals surface area contributed by atoms with Gasteiger partial charge in [0.15, 0.2) is 5.65 Å². The molecule has 2 aromatic heterocycles. The lowest BCUT2D eigenvalue weighted by molar-refractivity contribution is 0.102. The first-order valence-corrected chi connectivity index (χ1v) is 10.1. The molecule has 156 valence electrons. The Morgan fingerprint density at radius 3 is 2.44 bits per heavy atom. The molecule has 2 heterocycles. The molecule has 0 saturated carbocycles. The van der Waals surface area contributed by atoms with Crippen LogP contribution in [0.5, 0.6) is 0 Å². The molecule has 0 radical (unpaired) electrons. The lowest BCUT2D eigenvalue weighted by Crippen LogP contribution is -2.14. The number of carbonyl (C=O) groups is 1. The smallest absolute Gasteiger partial charge is 0.261 e. The topological polar surface area (TPSA) is 98.2 Å². The molecule has 0 aliphatic rings. The van der Waals surface area contributed by atoms with Crippen molar-refractivity contribution >= 4 is 45.8 Å². The van der Waals surface area contributed by atoms with Gasteiger partial charge in [0.05, 0.1) is 17.2 Å². The lowest BCUT2D eigenvalue weighted by atomic mass is 10.2. The van der Waals surface area contributed by atoms with Crippen LogP contribution < -0.4 is 11.1 Å².